The summed E-state index contributed by atoms with van der Waals surface area (Å²) < 4.78 is 0. The highest BCUT2D eigenvalue weighted by atomic mass is 32.1. The molecule has 4 heteroatoms. The lowest BCUT2D eigenvalue weighted by Gasteiger charge is -2.39. The molecule has 3 heterocycles. The number of nitrogens with zero attached hydrogens (tertiary/aromatic N) is 2. The fourth-order valence-electron chi connectivity index (χ4n) is 4.45. The number of nitrogens with one attached hydrogen (secondary N) is 1. The first-order chi connectivity index (χ1) is 10.3. The summed E-state index contributed by atoms with van der Waals surface area (Å²) in [6.45, 7) is 3.44. The van der Waals surface area contributed by atoms with Crippen LogP contribution in [0.3, 0.4) is 0 Å². The molecule has 2 aliphatic heterocycles. The molecule has 0 amide bonds. The summed E-state index contributed by atoms with van der Waals surface area (Å²) in [6, 6.07) is 2.23. The largest absolute Gasteiger partial charge is 0.342 e. The highest BCUT2D eigenvalue weighted by molar-refractivity contribution is 7.15. The van der Waals surface area contributed by atoms with Crippen molar-refractivity contribution in [1.82, 2.24) is 10.3 Å². The second-order valence-electron chi connectivity index (χ2n) is 6.99. The maximum absolute atomic E-state index is 5.03. The summed E-state index contributed by atoms with van der Waals surface area (Å²) in [5.74, 6) is 0. The van der Waals surface area contributed by atoms with E-state index in [0.29, 0.717) is 0 Å². The lowest BCUT2D eigenvalue weighted by molar-refractivity contribution is 0.356. The normalized spacial score (nSPS) is 31.5. The molecule has 0 radical (unpaired) electrons. The summed E-state index contributed by atoms with van der Waals surface area (Å²) in [4.78, 5) is 9.31. The Morgan fingerprint density at radius 2 is 1.95 bits per heavy atom. The van der Waals surface area contributed by atoms with Crippen molar-refractivity contribution in [2.45, 2.75) is 82.8 Å². The summed E-state index contributed by atoms with van der Waals surface area (Å²) in [5, 5.41) is 5.10. The molecule has 2 fully saturated rings. The molecule has 3 nitrogen and oxygen atoms in total. The molecular formula is C17H27N3S. The van der Waals surface area contributed by atoms with E-state index in [0.717, 1.165) is 18.1 Å². The van der Waals surface area contributed by atoms with Crippen LogP contribution in [-0.4, -0.2) is 29.7 Å². The Kier molecular flexibility index (Phi) is 3.92. The Bertz CT molecular complexity index is 461. The highest BCUT2D eigenvalue weighted by Crippen LogP contribution is 2.42. The lowest BCUT2D eigenvalue weighted by Crippen LogP contribution is -2.49. The quantitative estimate of drug-likeness (QED) is 0.922. The van der Waals surface area contributed by atoms with Crippen LogP contribution in [0.5, 0.6) is 0 Å². The zero-order chi connectivity index (χ0) is 14.2. The van der Waals surface area contributed by atoms with E-state index in [9.17, 15) is 0 Å². The monoisotopic (exact) mass is 305 g/mol. The molecule has 0 saturated carbocycles. The number of aromatic nitrogens is 1. The molecule has 1 aromatic heterocycles. The number of piperidine rings is 1. The maximum Gasteiger partial charge on any atom is 0.186 e. The maximum atomic E-state index is 5.03. The zero-order valence-electron chi connectivity index (χ0n) is 13.1. The van der Waals surface area contributed by atoms with Gasteiger partial charge in [0, 0.05) is 23.0 Å². The van der Waals surface area contributed by atoms with Crippen molar-refractivity contribution < 1.29 is 0 Å². The van der Waals surface area contributed by atoms with Gasteiger partial charge in [-0.25, -0.2) is 4.98 Å². The van der Waals surface area contributed by atoms with E-state index < -0.39 is 0 Å². The van der Waals surface area contributed by atoms with Gasteiger partial charge in [0.25, 0.3) is 0 Å². The Hall–Kier alpha value is -0.610. The first kappa shape index (κ1) is 14.0. The number of hydrogen-bond acceptors (Lipinski definition) is 4. The molecule has 3 aliphatic rings. The van der Waals surface area contributed by atoms with Crippen molar-refractivity contribution in [2.75, 3.05) is 11.4 Å². The number of hydrogen-bond donors (Lipinski definition) is 1. The molecule has 116 valence electrons. The topological polar surface area (TPSA) is 28.2 Å². The van der Waals surface area contributed by atoms with Gasteiger partial charge >= 0.3 is 0 Å². The molecular weight excluding hydrogens is 278 g/mol. The van der Waals surface area contributed by atoms with Crippen LogP contribution >= 0.6 is 11.3 Å². The predicted molar refractivity (Wildman–Crippen MR) is 89.4 cm³/mol. The van der Waals surface area contributed by atoms with Crippen LogP contribution in [0.15, 0.2) is 0 Å². The second-order valence-corrected chi connectivity index (χ2v) is 8.05. The molecule has 2 atom stereocenters. The van der Waals surface area contributed by atoms with Crippen molar-refractivity contribution in [3.8, 4) is 0 Å². The van der Waals surface area contributed by atoms with E-state index in [1.807, 2.05) is 11.3 Å². The molecule has 2 saturated heterocycles. The van der Waals surface area contributed by atoms with Gasteiger partial charge < -0.3 is 10.2 Å². The number of fused-ring (bicyclic) bond motifs is 3. The average Bonchev–Trinajstić information content (AvgIpc) is 3.03. The third kappa shape index (κ3) is 2.61. The number of aryl methyl sites for hydroxylation is 2. The van der Waals surface area contributed by atoms with Gasteiger partial charge in [-0.3, -0.25) is 0 Å². The van der Waals surface area contributed by atoms with Crippen LogP contribution in [0.2, 0.25) is 0 Å². The summed E-state index contributed by atoms with van der Waals surface area (Å²) in [5.41, 5.74) is 1.42. The van der Waals surface area contributed by atoms with Gasteiger partial charge in [0.05, 0.1) is 5.69 Å². The minimum atomic E-state index is 0.741. The van der Waals surface area contributed by atoms with E-state index in [-0.39, 0.29) is 0 Å². The van der Waals surface area contributed by atoms with Crippen LogP contribution in [0.4, 0.5) is 5.13 Å². The van der Waals surface area contributed by atoms with Crippen molar-refractivity contribution in [1.29, 1.82) is 0 Å². The average molecular weight is 305 g/mol. The van der Waals surface area contributed by atoms with Crippen LogP contribution in [0.1, 0.15) is 62.4 Å². The molecule has 1 aromatic rings. The van der Waals surface area contributed by atoms with E-state index in [1.54, 1.807) is 4.88 Å². The van der Waals surface area contributed by atoms with Gasteiger partial charge in [-0.05, 0) is 64.3 Å². The lowest BCUT2D eigenvalue weighted by atomic mass is 9.98. The summed E-state index contributed by atoms with van der Waals surface area (Å²) in [7, 11) is 0. The minimum absolute atomic E-state index is 0.741. The molecule has 2 unspecified atom stereocenters. The number of rotatable bonds is 4. The molecule has 4 rings (SSSR count). The SMILES string of the molecule is CCCNC1CC2CCC(C1)N2c1nc2c(s1)CCCC2. The molecule has 2 bridgehead atoms. The van der Waals surface area contributed by atoms with Gasteiger partial charge in [-0.1, -0.05) is 6.92 Å². The Morgan fingerprint density at radius 1 is 1.19 bits per heavy atom. The third-order valence-corrected chi connectivity index (χ3v) is 6.64. The van der Waals surface area contributed by atoms with Gasteiger partial charge in [-0.15, -0.1) is 11.3 Å². The van der Waals surface area contributed by atoms with Crippen LogP contribution < -0.4 is 10.2 Å². The van der Waals surface area contributed by atoms with E-state index in [4.69, 9.17) is 4.98 Å². The van der Waals surface area contributed by atoms with Crippen LogP contribution in [0, 0.1) is 0 Å². The van der Waals surface area contributed by atoms with Gasteiger partial charge in [0.2, 0.25) is 0 Å². The van der Waals surface area contributed by atoms with Gasteiger partial charge in [-0.2, -0.15) is 0 Å². The van der Waals surface area contributed by atoms with Crippen molar-refractivity contribution >= 4 is 16.5 Å². The molecule has 0 aromatic carbocycles. The standard InChI is InChI=1S/C17H27N3S/c1-2-9-18-12-10-13-7-8-14(11-12)20(13)17-19-15-5-3-4-6-16(15)21-17/h12-14,18H,2-11H2,1H3. The third-order valence-electron chi connectivity index (χ3n) is 5.47. The van der Waals surface area contributed by atoms with Crippen molar-refractivity contribution in [3.05, 3.63) is 10.6 Å². The molecule has 0 spiro atoms. The first-order valence-electron chi connectivity index (χ1n) is 8.85. The van der Waals surface area contributed by atoms with Gasteiger partial charge in [0.15, 0.2) is 5.13 Å². The first-order valence-corrected chi connectivity index (χ1v) is 9.67. The van der Waals surface area contributed by atoms with Gasteiger partial charge in [0.1, 0.15) is 0 Å². The second kappa shape index (κ2) is 5.88. The number of anilines is 1. The Morgan fingerprint density at radius 3 is 2.67 bits per heavy atom. The Balaban J connectivity index is 1.50. The predicted octanol–water partition coefficient (Wildman–Crippen LogP) is 3.52. The van der Waals surface area contributed by atoms with Crippen LogP contribution in [0.25, 0.3) is 0 Å². The van der Waals surface area contributed by atoms with E-state index in [1.165, 1.54) is 75.2 Å². The van der Waals surface area contributed by atoms with Crippen molar-refractivity contribution in [2.24, 2.45) is 0 Å². The summed E-state index contributed by atoms with van der Waals surface area (Å²) in [6.07, 6.45) is 11.8. The van der Waals surface area contributed by atoms with Crippen molar-refractivity contribution in [3.63, 3.8) is 0 Å². The fourth-order valence-corrected chi connectivity index (χ4v) is 5.74. The summed E-state index contributed by atoms with van der Waals surface area (Å²) >= 11 is 2.00. The van der Waals surface area contributed by atoms with E-state index >= 15 is 0 Å². The Labute approximate surface area is 132 Å². The zero-order valence-corrected chi connectivity index (χ0v) is 13.9. The highest BCUT2D eigenvalue weighted by Gasteiger charge is 2.42. The molecule has 1 aliphatic carbocycles. The van der Waals surface area contributed by atoms with Crippen LogP contribution in [-0.2, 0) is 12.8 Å². The molecule has 1 N–H and O–H groups in total. The smallest absolute Gasteiger partial charge is 0.186 e. The minimum Gasteiger partial charge on any atom is -0.342 e. The fraction of sp³-hybridized carbons (Fsp3) is 0.824. The number of thiazole rings is 1. The van der Waals surface area contributed by atoms with E-state index in [2.05, 4.69) is 17.1 Å². The molecule has 21 heavy (non-hydrogen) atoms.